The second-order valence-corrected chi connectivity index (χ2v) is 5.37. The molecular formula is C15H15Cl2N3O. The quantitative estimate of drug-likeness (QED) is 0.853. The molecule has 6 heteroatoms. The van der Waals surface area contributed by atoms with E-state index in [9.17, 15) is 4.79 Å². The third-order valence-corrected chi connectivity index (χ3v) is 3.14. The molecule has 110 valence electrons. The lowest BCUT2D eigenvalue weighted by atomic mass is 10.2. The molecule has 2 rings (SSSR count). The molecule has 2 N–H and O–H groups in total. The first-order chi connectivity index (χ1) is 10.1. The van der Waals surface area contributed by atoms with Gasteiger partial charge in [-0.3, -0.25) is 9.78 Å². The summed E-state index contributed by atoms with van der Waals surface area (Å²) < 4.78 is 0. The molecule has 2 aromatic rings. The standard InChI is InChI=1S/C15H15Cl2N3O/c1-2-3-19-14-4-10(8-18-9-14)15(21)20-13-6-11(16)5-12(17)7-13/h4-9,19H,2-3H2,1H3,(H,20,21). The molecule has 1 aromatic heterocycles. The monoisotopic (exact) mass is 323 g/mol. The van der Waals surface area contributed by atoms with Crippen LogP contribution in [-0.2, 0) is 0 Å². The number of rotatable bonds is 5. The molecule has 0 aliphatic carbocycles. The Bertz CT molecular complexity index is 626. The number of nitrogens with zero attached hydrogens (tertiary/aromatic N) is 1. The molecule has 0 unspecified atom stereocenters. The lowest BCUT2D eigenvalue weighted by Gasteiger charge is -2.08. The maximum atomic E-state index is 12.2. The van der Waals surface area contributed by atoms with Gasteiger partial charge in [-0.15, -0.1) is 0 Å². The molecule has 0 aliphatic rings. The molecule has 21 heavy (non-hydrogen) atoms. The van der Waals surface area contributed by atoms with Gasteiger partial charge in [0.05, 0.1) is 11.3 Å². The van der Waals surface area contributed by atoms with Crippen molar-refractivity contribution in [2.24, 2.45) is 0 Å². The molecule has 0 fully saturated rings. The molecule has 0 spiro atoms. The van der Waals surface area contributed by atoms with Crippen molar-refractivity contribution in [2.75, 3.05) is 17.2 Å². The maximum absolute atomic E-state index is 12.2. The zero-order valence-corrected chi connectivity index (χ0v) is 13.0. The fourth-order valence-corrected chi connectivity index (χ4v) is 2.29. The number of pyridine rings is 1. The van der Waals surface area contributed by atoms with Crippen molar-refractivity contribution in [2.45, 2.75) is 13.3 Å². The summed E-state index contributed by atoms with van der Waals surface area (Å²) in [6.45, 7) is 2.90. The number of hydrogen-bond donors (Lipinski definition) is 2. The minimum atomic E-state index is -0.263. The first-order valence-corrected chi connectivity index (χ1v) is 7.30. The van der Waals surface area contributed by atoms with Gasteiger partial charge in [0.15, 0.2) is 0 Å². The number of carbonyl (C=O) groups excluding carboxylic acids is 1. The van der Waals surface area contributed by atoms with Crippen LogP contribution in [-0.4, -0.2) is 17.4 Å². The highest BCUT2D eigenvalue weighted by Gasteiger charge is 2.08. The van der Waals surface area contributed by atoms with Gasteiger partial charge in [-0.25, -0.2) is 0 Å². The number of nitrogens with one attached hydrogen (secondary N) is 2. The zero-order valence-electron chi connectivity index (χ0n) is 11.5. The van der Waals surface area contributed by atoms with Crippen LogP contribution in [0.3, 0.4) is 0 Å². The van der Waals surface area contributed by atoms with Gasteiger partial charge >= 0.3 is 0 Å². The average molecular weight is 324 g/mol. The Morgan fingerprint density at radius 3 is 2.48 bits per heavy atom. The van der Waals surface area contributed by atoms with Crippen molar-refractivity contribution in [1.82, 2.24) is 4.98 Å². The van der Waals surface area contributed by atoms with Crippen LogP contribution < -0.4 is 10.6 Å². The molecule has 1 aromatic carbocycles. The number of amides is 1. The molecule has 4 nitrogen and oxygen atoms in total. The van der Waals surface area contributed by atoms with Crippen LogP contribution in [0.1, 0.15) is 23.7 Å². The molecular weight excluding hydrogens is 309 g/mol. The smallest absolute Gasteiger partial charge is 0.257 e. The van der Waals surface area contributed by atoms with E-state index in [-0.39, 0.29) is 5.91 Å². The minimum Gasteiger partial charge on any atom is -0.384 e. The second kappa shape index (κ2) is 7.29. The van der Waals surface area contributed by atoms with Crippen molar-refractivity contribution in [3.8, 4) is 0 Å². The van der Waals surface area contributed by atoms with E-state index in [1.165, 1.54) is 6.20 Å². The van der Waals surface area contributed by atoms with Crippen LogP contribution in [0, 0.1) is 0 Å². The maximum Gasteiger partial charge on any atom is 0.257 e. The highest BCUT2D eigenvalue weighted by atomic mass is 35.5. The third-order valence-electron chi connectivity index (χ3n) is 2.70. The third kappa shape index (κ3) is 4.62. The zero-order chi connectivity index (χ0) is 15.2. The summed E-state index contributed by atoms with van der Waals surface area (Å²) in [4.78, 5) is 16.3. The minimum absolute atomic E-state index is 0.263. The van der Waals surface area contributed by atoms with Crippen LogP contribution >= 0.6 is 23.2 Å². The Morgan fingerprint density at radius 2 is 1.81 bits per heavy atom. The Labute approximate surface area is 133 Å². The van der Waals surface area contributed by atoms with E-state index in [2.05, 4.69) is 22.5 Å². The van der Waals surface area contributed by atoms with Crippen molar-refractivity contribution < 1.29 is 4.79 Å². The van der Waals surface area contributed by atoms with E-state index in [1.807, 2.05) is 0 Å². The summed E-state index contributed by atoms with van der Waals surface area (Å²) in [7, 11) is 0. The molecule has 0 saturated heterocycles. The average Bonchev–Trinajstić information content (AvgIpc) is 2.44. The van der Waals surface area contributed by atoms with Gasteiger partial charge in [-0.2, -0.15) is 0 Å². The molecule has 0 radical (unpaired) electrons. The van der Waals surface area contributed by atoms with E-state index in [0.29, 0.717) is 21.3 Å². The number of benzene rings is 1. The number of aromatic nitrogens is 1. The van der Waals surface area contributed by atoms with Crippen LogP contribution in [0.15, 0.2) is 36.7 Å². The predicted molar refractivity (Wildman–Crippen MR) is 87.4 cm³/mol. The van der Waals surface area contributed by atoms with Crippen LogP contribution in [0.4, 0.5) is 11.4 Å². The van der Waals surface area contributed by atoms with E-state index in [4.69, 9.17) is 23.2 Å². The van der Waals surface area contributed by atoms with E-state index in [0.717, 1.165) is 18.7 Å². The second-order valence-electron chi connectivity index (χ2n) is 4.50. The van der Waals surface area contributed by atoms with Crippen molar-refractivity contribution >= 4 is 40.5 Å². The highest BCUT2D eigenvalue weighted by Crippen LogP contribution is 2.23. The molecule has 0 saturated carbocycles. The molecule has 1 heterocycles. The summed E-state index contributed by atoms with van der Waals surface area (Å²) in [5.41, 5.74) is 1.82. The summed E-state index contributed by atoms with van der Waals surface area (Å²) in [6.07, 6.45) is 4.19. The topological polar surface area (TPSA) is 54.0 Å². The summed E-state index contributed by atoms with van der Waals surface area (Å²) in [6, 6.07) is 6.63. The Kier molecular flexibility index (Phi) is 5.42. The van der Waals surface area contributed by atoms with E-state index in [1.54, 1.807) is 30.5 Å². The van der Waals surface area contributed by atoms with Gasteiger partial charge < -0.3 is 10.6 Å². The summed E-state index contributed by atoms with van der Waals surface area (Å²) in [5.74, 6) is -0.263. The first kappa shape index (κ1) is 15.6. The highest BCUT2D eigenvalue weighted by molar-refractivity contribution is 6.35. The Morgan fingerprint density at radius 1 is 1.10 bits per heavy atom. The summed E-state index contributed by atoms with van der Waals surface area (Å²) >= 11 is 11.8. The van der Waals surface area contributed by atoms with Crippen molar-refractivity contribution in [3.63, 3.8) is 0 Å². The van der Waals surface area contributed by atoms with E-state index < -0.39 is 0 Å². The lowest BCUT2D eigenvalue weighted by Crippen LogP contribution is -2.13. The number of halogens is 2. The van der Waals surface area contributed by atoms with Crippen molar-refractivity contribution in [3.05, 3.63) is 52.3 Å². The van der Waals surface area contributed by atoms with Gasteiger partial charge in [-0.1, -0.05) is 30.1 Å². The van der Waals surface area contributed by atoms with Gasteiger partial charge in [0, 0.05) is 34.7 Å². The van der Waals surface area contributed by atoms with Gasteiger partial charge in [0.25, 0.3) is 5.91 Å². The van der Waals surface area contributed by atoms with E-state index >= 15 is 0 Å². The predicted octanol–water partition coefficient (Wildman–Crippen LogP) is 4.46. The van der Waals surface area contributed by atoms with Gasteiger partial charge in [0.2, 0.25) is 0 Å². The molecule has 1 amide bonds. The van der Waals surface area contributed by atoms with Gasteiger partial charge in [0.1, 0.15) is 0 Å². The van der Waals surface area contributed by atoms with Crippen LogP contribution in [0.5, 0.6) is 0 Å². The number of hydrogen-bond acceptors (Lipinski definition) is 3. The molecule has 0 bridgehead atoms. The lowest BCUT2D eigenvalue weighted by molar-refractivity contribution is 0.102. The molecule has 0 atom stereocenters. The Hall–Kier alpha value is -1.78. The molecule has 0 aliphatic heterocycles. The first-order valence-electron chi connectivity index (χ1n) is 6.55. The van der Waals surface area contributed by atoms with Crippen LogP contribution in [0.25, 0.3) is 0 Å². The SMILES string of the molecule is CCCNc1cncc(C(=O)Nc2cc(Cl)cc(Cl)c2)c1. The normalized spacial score (nSPS) is 10.2. The van der Waals surface area contributed by atoms with Crippen molar-refractivity contribution in [1.29, 1.82) is 0 Å². The van der Waals surface area contributed by atoms with Crippen LogP contribution in [0.2, 0.25) is 10.0 Å². The fraction of sp³-hybridized carbons (Fsp3) is 0.200. The summed E-state index contributed by atoms with van der Waals surface area (Å²) in [5, 5.41) is 6.87. The largest absolute Gasteiger partial charge is 0.384 e. The fourth-order valence-electron chi connectivity index (χ4n) is 1.76. The Balaban J connectivity index is 2.12. The van der Waals surface area contributed by atoms with Gasteiger partial charge in [-0.05, 0) is 30.7 Å². The number of carbonyl (C=O) groups is 1. The number of anilines is 2.